The van der Waals surface area contributed by atoms with E-state index < -0.39 is 6.03 Å². The van der Waals surface area contributed by atoms with Gasteiger partial charge in [-0.15, -0.1) is 0 Å². The minimum atomic E-state index is -0.676. The van der Waals surface area contributed by atoms with Crippen molar-refractivity contribution in [1.82, 2.24) is 15.6 Å². The van der Waals surface area contributed by atoms with Crippen LogP contribution >= 0.6 is 0 Å². The predicted molar refractivity (Wildman–Crippen MR) is 61.7 cm³/mol. The SMILES string of the molecule is N=NNC(=O)Nc1cn[nH]c1COC(=N)/C=C\N. The van der Waals surface area contributed by atoms with E-state index in [1.165, 1.54) is 18.5 Å². The molecule has 1 aromatic heterocycles. The third kappa shape index (κ3) is 3.92. The molecule has 7 N–H and O–H groups in total. The fourth-order valence-corrected chi connectivity index (χ4v) is 1.02. The van der Waals surface area contributed by atoms with Crippen molar-refractivity contribution in [2.75, 3.05) is 5.32 Å². The van der Waals surface area contributed by atoms with Gasteiger partial charge in [-0.2, -0.15) is 10.6 Å². The molecule has 0 atom stereocenters. The van der Waals surface area contributed by atoms with Crippen molar-refractivity contribution in [1.29, 1.82) is 10.9 Å². The highest BCUT2D eigenvalue weighted by molar-refractivity contribution is 5.89. The number of nitrogens with one attached hydrogen (secondary N) is 5. The third-order valence-corrected chi connectivity index (χ3v) is 1.74. The van der Waals surface area contributed by atoms with E-state index in [1.807, 2.05) is 5.43 Å². The van der Waals surface area contributed by atoms with Gasteiger partial charge in [-0.1, -0.05) is 5.22 Å². The number of nitrogens with zero attached hydrogens (tertiary/aromatic N) is 2. The van der Waals surface area contributed by atoms with Crippen LogP contribution in [0.25, 0.3) is 0 Å². The van der Waals surface area contributed by atoms with E-state index in [4.69, 9.17) is 21.4 Å². The molecule has 0 aliphatic carbocycles. The molecule has 0 bridgehead atoms. The largest absolute Gasteiger partial charge is 0.471 e. The van der Waals surface area contributed by atoms with Crippen LogP contribution in [0.4, 0.5) is 10.5 Å². The lowest BCUT2D eigenvalue weighted by Gasteiger charge is -2.05. The van der Waals surface area contributed by atoms with Crippen molar-refractivity contribution >= 4 is 17.6 Å². The Morgan fingerprint density at radius 1 is 1.72 bits per heavy atom. The number of rotatable bonds is 5. The number of hydrogen-bond donors (Lipinski definition) is 6. The summed E-state index contributed by atoms with van der Waals surface area (Å²) in [6.07, 6.45) is 3.82. The molecule has 2 amide bonds. The maximum Gasteiger partial charge on any atom is 0.341 e. The monoisotopic (exact) mass is 252 g/mol. The highest BCUT2D eigenvalue weighted by Crippen LogP contribution is 2.12. The van der Waals surface area contributed by atoms with Gasteiger partial charge in [0.05, 0.1) is 17.6 Å². The molecule has 0 fully saturated rings. The third-order valence-electron chi connectivity index (χ3n) is 1.74. The number of carbonyl (C=O) groups excluding carboxylic acids is 1. The Bertz CT molecular complexity index is 465. The lowest BCUT2D eigenvalue weighted by atomic mass is 10.4. The van der Waals surface area contributed by atoms with Gasteiger partial charge in [0.2, 0.25) is 5.90 Å². The number of ether oxygens (including phenoxy) is 1. The second-order valence-electron chi connectivity index (χ2n) is 2.95. The van der Waals surface area contributed by atoms with Gasteiger partial charge in [0.25, 0.3) is 0 Å². The summed E-state index contributed by atoms with van der Waals surface area (Å²) in [5.74, 6) is -0.122. The lowest BCUT2D eigenvalue weighted by Crippen LogP contribution is -2.23. The molecule has 0 saturated heterocycles. The second kappa shape index (κ2) is 6.62. The summed E-state index contributed by atoms with van der Waals surface area (Å²) in [7, 11) is 0. The first-order valence-electron chi connectivity index (χ1n) is 4.72. The molecule has 0 saturated carbocycles. The van der Waals surface area contributed by atoms with Crippen molar-refractivity contribution < 1.29 is 9.53 Å². The highest BCUT2D eigenvalue weighted by atomic mass is 16.5. The normalized spacial score (nSPS) is 10.0. The molecule has 18 heavy (non-hydrogen) atoms. The molecule has 0 aliphatic rings. The van der Waals surface area contributed by atoms with Gasteiger partial charge in [0, 0.05) is 6.08 Å². The minimum absolute atomic E-state index is 0.0107. The molecule has 0 aliphatic heterocycles. The molecule has 10 nitrogen and oxygen atoms in total. The van der Waals surface area contributed by atoms with E-state index >= 15 is 0 Å². The molecule has 1 heterocycles. The summed E-state index contributed by atoms with van der Waals surface area (Å²) < 4.78 is 5.02. The number of carbonyl (C=O) groups is 1. The van der Waals surface area contributed by atoms with E-state index in [0.717, 1.165) is 0 Å². The predicted octanol–water partition coefficient (Wildman–Crippen LogP) is 0.443. The Morgan fingerprint density at radius 2 is 2.50 bits per heavy atom. The number of H-pyrrole nitrogens is 1. The quantitative estimate of drug-likeness (QED) is 0.194. The Balaban J connectivity index is 2.57. The van der Waals surface area contributed by atoms with Gasteiger partial charge in [-0.05, 0) is 6.20 Å². The summed E-state index contributed by atoms with van der Waals surface area (Å²) in [4.78, 5) is 11.1. The van der Waals surface area contributed by atoms with Crippen molar-refractivity contribution in [3.8, 4) is 0 Å². The zero-order chi connectivity index (χ0) is 13.4. The summed E-state index contributed by atoms with van der Waals surface area (Å²) in [6.45, 7) is 0.0107. The number of hydrogen-bond acceptors (Lipinski definition) is 7. The van der Waals surface area contributed by atoms with Gasteiger partial charge in [-0.3, -0.25) is 10.5 Å². The first-order valence-corrected chi connectivity index (χ1v) is 4.72. The van der Waals surface area contributed by atoms with E-state index in [-0.39, 0.29) is 12.5 Å². The zero-order valence-electron chi connectivity index (χ0n) is 9.23. The molecule has 0 aromatic carbocycles. The Labute approximate surface area is 102 Å². The van der Waals surface area contributed by atoms with Gasteiger partial charge in [0.1, 0.15) is 6.61 Å². The highest BCUT2D eigenvalue weighted by Gasteiger charge is 2.09. The van der Waals surface area contributed by atoms with E-state index in [2.05, 4.69) is 20.7 Å². The molecule has 1 aromatic rings. The van der Waals surface area contributed by atoms with Crippen LogP contribution in [-0.2, 0) is 11.3 Å². The number of aromatic nitrogens is 2. The van der Waals surface area contributed by atoms with Gasteiger partial charge >= 0.3 is 6.03 Å². The number of anilines is 1. The molecular formula is C8H12N8O2. The number of amides is 2. The van der Waals surface area contributed by atoms with Crippen LogP contribution in [0.3, 0.4) is 0 Å². The van der Waals surface area contributed by atoms with Crippen LogP contribution in [0, 0.1) is 10.9 Å². The van der Waals surface area contributed by atoms with Crippen LogP contribution < -0.4 is 16.5 Å². The van der Waals surface area contributed by atoms with Gasteiger partial charge in [0.15, 0.2) is 0 Å². The standard InChI is InChI=1S/C8H12N8O2/c9-2-1-7(10)18-4-6-5(3-12-14-6)13-8(17)15-16-11/h1-3,10H,4,9H2,(H,12,14)(H3,11,13,15,17)/b2-1-,10-7?. The molecule has 10 heteroatoms. The maximum atomic E-state index is 11.1. The van der Waals surface area contributed by atoms with Gasteiger partial charge < -0.3 is 15.8 Å². The van der Waals surface area contributed by atoms with Crippen molar-refractivity contribution in [2.24, 2.45) is 11.0 Å². The smallest absolute Gasteiger partial charge is 0.341 e. The van der Waals surface area contributed by atoms with Gasteiger partial charge in [-0.25, -0.2) is 10.2 Å². The molecule has 0 radical (unpaired) electrons. The van der Waals surface area contributed by atoms with Crippen LogP contribution in [0.15, 0.2) is 23.7 Å². The average molecular weight is 252 g/mol. The topological polar surface area (TPSA) is 165 Å². The van der Waals surface area contributed by atoms with Crippen LogP contribution in [0.1, 0.15) is 5.69 Å². The first-order chi connectivity index (χ1) is 8.67. The van der Waals surface area contributed by atoms with Crippen molar-refractivity contribution in [3.05, 3.63) is 24.2 Å². The Morgan fingerprint density at radius 3 is 3.17 bits per heavy atom. The van der Waals surface area contributed by atoms with E-state index in [1.54, 1.807) is 0 Å². The number of aromatic amines is 1. The fourth-order valence-electron chi connectivity index (χ4n) is 1.02. The summed E-state index contributed by atoms with van der Waals surface area (Å²) in [6, 6.07) is -0.676. The molecule has 96 valence electrons. The van der Waals surface area contributed by atoms with Crippen LogP contribution in [0.2, 0.25) is 0 Å². The summed E-state index contributed by atoms with van der Waals surface area (Å²) in [5, 5.41) is 18.7. The van der Waals surface area contributed by atoms with Crippen molar-refractivity contribution in [3.63, 3.8) is 0 Å². The second-order valence-corrected chi connectivity index (χ2v) is 2.95. The minimum Gasteiger partial charge on any atom is -0.471 e. The maximum absolute atomic E-state index is 11.1. The fraction of sp³-hybridized carbons (Fsp3) is 0.125. The Kier molecular flexibility index (Phi) is 4.84. The van der Waals surface area contributed by atoms with E-state index in [0.29, 0.717) is 11.4 Å². The summed E-state index contributed by atoms with van der Waals surface area (Å²) in [5.41, 5.74) is 14.3. The first kappa shape index (κ1) is 13.2. The zero-order valence-corrected chi connectivity index (χ0v) is 9.23. The molecule has 0 spiro atoms. The van der Waals surface area contributed by atoms with E-state index in [9.17, 15) is 4.79 Å². The Hall–Kier alpha value is -2.91. The molecule has 0 unspecified atom stereocenters. The summed E-state index contributed by atoms with van der Waals surface area (Å²) >= 11 is 0. The molecular weight excluding hydrogens is 240 g/mol. The van der Waals surface area contributed by atoms with Crippen molar-refractivity contribution in [2.45, 2.75) is 6.61 Å². The number of nitrogens with two attached hydrogens (primary N) is 1. The molecule has 1 rings (SSSR count). The number of urea groups is 1. The van der Waals surface area contributed by atoms with Crippen LogP contribution in [0.5, 0.6) is 0 Å². The lowest BCUT2D eigenvalue weighted by molar-refractivity contribution is 0.251. The average Bonchev–Trinajstić information content (AvgIpc) is 2.74. The van der Waals surface area contributed by atoms with Crippen LogP contribution in [-0.4, -0.2) is 22.1 Å².